The molecule has 2 aliphatic rings. The molecule has 3 atom stereocenters. The second kappa shape index (κ2) is 7.35. The quantitative estimate of drug-likeness (QED) is 0.561. The zero-order chi connectivity index (χ0) is 21.8. The van der Waals surface area contributed by atoms with Crippen molar-refractivity contribution in [3.8, 4) is 0 Å². The summed E-state index contributed by atoms with van der Waals surface area (Å²) in [5, 5.41) is 0. The van der Waals surface area contributed by atoms with Crippen LogP contribution >= 0.6 is 0 Å². The Morgan fingerprint density at radius 1 is 1.00 bits per heavy atom. The third kappa shape index (κ3) is 3.25. The molecule has 1 saturated heterocycles. The Morgan fingerprint density at radius 3 is 2.40 bits per heavy atom. The summed E-state index contributed by atoms with van der Waals surface area (Å²) in [4.78, 5) is 0. The first-order valence-corrected chi connectivity index (χ1v) is 11.4. The Hall–Kier alpha value is -1.90. The highest BCUT2D eigenvalue weighted by molar-refractivity contribution is 5.73. The van der Waals surface area contributed by atoms with Crippen LogP contribution in [0.1, 0.15) is 58.8 Å². The van der Waals surface area contributed by atoms with Crippen molar-refractivity contribution in [1.29, 1.82) is 0 Å². The lowest BCUT2D eigenvalue weighted by molar-refractivity contribution is -0.912. The van der Waals surface area contributed by atoms with E-state index in [9.17, 15) is 0 Å². The summed E-state index contributed by atoms with van der Waals surface area (Å²) < 4.78 is 7.77. The van der Waals surface area contributed by atoms with Crippen LogP contribution in [-0.2, 0) is 11.2 Å². The van der Waals surface area contributed by atoms with Crippen molar-refractivity contribution in [3.05, 3.63) is 75.4 Å². The molecule has 2 aromatic carbocycles. The predicted octanol–water partition coefficient (Wildman–Crippen LogP) is 6.10. The molecule has 2 aliphatic heterocycles. The molecular formula is C28H38NO+. The number of aryl methyl sites for hydroxylation is 4. The summed E-state index contributed by atoms with van der Waals surface area (Å²) >= 11 is 0. The molecule has 0 bridgehead atoms. The number of hydrogen-bond acceptors (Lipinski definition) is 1. The van der Waals surface area contributed by atoms with Gasteiger partial charge in [-0.15, -0.1) is 0 Å². The SMILES string of the molecule is CCc1cc(C)c(C)c(C2=CC3(OC2)C(C)C[N+](C)(C)C3c2ccc(C)c(C)c2)c1. The number of nitrogens with zero attached hydrogens (tertiary/aromatic N) is 1. The molecule has 2 heteroatoms. The van der Waals surface area contributed by atoms with Crippen molar-refractivity contribution in [2.24, 2.45) is 5.92 Å². The summed E-state index contributed by atoms with van der Waals surface area (Å²) in [5.41, 5.74) is 10.8. The number of likely N-dealkylation sites (tertiary alicyclic amines) is 1. The first-order chi connectivity index (χ1) is 14.1. The van der Waals surface area contributed by atoms with Gasteiger partial charge in [0.1, 0.15) is 6.04 Å². The molecule has 1 spiro atoms. The van der Waals surface area contributed by atoms with Gasteiger partial charge in [-0.05, 0) is 85.2 Å². The molecule has 4 rings (SSSR count). The molecule has 30 heavy (non-hydrogen) atoms. The van der Waals surface area contributed by atoms with Gasteiger partial charge >= 0.3 is 0 Å². The summed E-state index contributed by atoms with van der Waals surface area (Å²) in [6.07, 6.45) is 3.57. The van der Waals surface area contributed by atoms with Gasteiger partial charge in [-0.1, -0.05) is 38.1 Å². The van der Waals surface area contributed by atoms with Gasteiger partial charge in [0.05, 0.1) is 27.2 Å². The molecular weight excluding hydrogens is 366 g/mol. The largest absolute Gasteiger partial charge is 0.359 e. The summed E-state index contributed by atoms with van der Waals surface area (Å²) in [6.45, 7) is 15.4. The number of likely N-dealkylation sites (N-methyl/N-ethyl adjacent to an activating group) is 1. The lowest BCUT2D eigenvalue weighted by Crippen LogP contribution is -2.45. The highest BCUT2D eigenvalue weighted by Gasteiger charge is 2.61. The third-order valence-corrected chi connectivity index (χ3v) is 7.85. The molecule has 0 N–H and O–H groups in total. The lowest BCUT2D eigenvalue weighted by Gasteiger charge is -2.38. The second-order valence-electron chi connectivity index (χ2n) is 10.4. The first kappa shape index (κ1) is 21.3. The summed E-state index contributed by atoms with van der Waals surface area (Å²) in [6, 6.07) is 12.0. The fraction of sp³-hybridized carbons (Fsp3) is 0.500. The molecule has 0 radical (unpaired) electrons. The highest BCUT2D eigenvalue weighted by atomic mass is 16.5. The number of ether oxygens (including phenoxy) is 1. The molecule has 2 heterocycles. The van der Waals surface area contributed by atoms with Crippen LogP contribution in [0.5, 0.6) is 0 Å². The Labute approximate surface area is 183 Å². The van der Waals surface area contributed by atoms with Crippen molar-refractivity contribution < 1.29 is 9.22 Å². The maximum absolute atomic E-state index is 6.81. The van der Waals surface area contributed by atoms with Gasteiger partial charge < -0.3 is 9.22 Å². The molecule has 2 aromatic rings. The van der Waals surface area contributed by atoms with Crippen LogP contribution in [0.2, 0.25) is 0 Å². The number of quaternary nitrogens is 1. The van der Waals surface area contributed by atoms with Gasteiger partial charge in [0, 0.05) is 11.5 Å². The Morgan fingerprint density at radius 2 is 1.73 bits per heavy atom. The highest BCUT2D eigenvalue weighted by Crippen LogP contribution is 2.54. The maximum Gasteiger partial charge on any atom is 0.151 e. The van der Waals surface area contributed by atoms with Crippen LogP contribution < -0.4 is 0 Å². The van der Waals surface area contributed by atoms with Crippen LogP contribution in [0.4, 0.5) is 0 Å². The molecule has 3 unspecified atom stereocenters. The van der Waals surface area contributed by atoms with Crippen LogP contribution in [0.3, 0.4) is 0 Å². The van der Waals surface area contributed by atoms with Crippen LogP contribution in [0, 0.1) is 33.6 Å². The molecule has 0 saturated carbocycles. The van der Waals surface area contributed by atoms with Crippen LogP contribution in [0.25, 0.3) is 5.57 Å². The maximum atomic E-state index is 6.81. The average molecular weight is 405 g/mol. The first-order valence-electron chi connectivity index (χ1n) is 11.4. The van der Waals surface area contributed by atoms with Crippen molar-refractivity contribution in [3.63, 3.8) is 0 Å². The molecule has 2 nitrogen and oxygen atoms in total. The minimum atomic E-state index is -0.247. The van der Waals surface area contributed by atoms with E-state index in [-0.39, 0.29) is 5.60 Å². The van der Waals surface area contributed by atoms with Gasteiger partial charge in [0.15, 0.2) is 5.60 Å². The molecule has 0 aliphatic carbocycles. The zero-order valence-corrected chi connectivity index (χ0v) is 20.1. The van der Waals surface area contributed by atoms with Crippen LogP contribution in [0.15, 0.2) is 36.4 Å². The van der Waals surface area contributed by atoms with E-state index in [1.165, 1.54) is 44.5 Å². The topological polar surface area (TPSA) is 9.23 Å². The smallest absolute Gasteiger partial charge is 0.151 e. The number of hydrogen-bond donors (Lipinski definition) is 0. The Bertz CT molecular complexity index is 1020. The van der Waals surface area contributed by atoms with E-state index in [2.05, 4.69) is 92.0 Å². The average Bonchev–Trinajstić information content (AvgIpc) is 3.19. The molecule has 0 aromatic heterocycles. The van der Waals surface area contributed by atoms with Crippen molar-refractivity contribution in [2.45, 2.75) is 59.6 Å². The van der Waals surface area contributed by atoms with E-state index in [0.717, 1.165) is 17.4 Å². The lowest BCUT2D eigenvalue weighted by atomic mass is 9.81. The number of benzene rings is 2. The molecule has 160 valence electrons. The van der Waals surface area contributed by atoms with Crippen LogP contribution in [-0.4, -0.2) is 37.3 Å². The standard InChI is InChI=1S/C28H38NO/c1-9-23-12-20(4)22(6)26(14-23)25-15-28(30-17-25)21(5)16-29(7,8)27(28)24-11-10-18(2)19(3)13-24/h10-15,21,27H,9,16-17H2,1-8H3/q+1. The zero-order valence-electron chi connectivity index (χ0n) is 20.1. The van der Waals surface area contributed by atoms with Crippen molar-refractivity contribution in [2.75, 3.05) is 27.2 Å². The fourth-order valence-electron chi connectivity index (χ4n) is 6.00. The van der Waals surface area contributed by atoms with Crippen molar-refractivity contribution in [1.82, 2.24) is 0 Å². The Kier molecular flexibility index (Phi) is 5.23. The van der Waals surface area contributed by atoms with E-state index in [1.807, 2.05) is 0 Å². The molecule has 1 fully saturated rings. The minimum Gasteiger partial charge on any atom is -0.359 e. The molecule has 0 amide bonds. The van der Waals surface area contributed by atoms with E-state index in [0.29, 0.717) is 18.6 Å². The summed E-state index contributed by atoms with van der Waals surface area (Å²) in [5.74, 6) is 0.465. The summed E-state index contributed by atoms with van der Waals surface area (Å²) in [7, 11) is 4.74. The Balaban J connectivity index is 1.85. The second-order valence-corrected chi connectivity index (χ2v) is 10.4. The fourth-order valence-corrected chi connectivity index (χ4v) is 6.00. The normalized spacial score (nSPS) is 27.7. The van der Waals surface area contributed by atoms with Gasteiger partial charge in [-0.3, -0.25) is 0 Å². The van der Waals surface area contributed by atoms with E-state index >= 15 is 0 Å². The van der Waals surface area contributed by atoms with Gasteiger partial charge in [-0.2, -0.15) is 0 Å². The van der Waals surface area contributed by atoms with Crippen molar-refractivity contribution >= 4 is 5.57 Å². The minimum absolute atomic E-state index is 0.247. The van der Waals surface area contributed by atoms with Gasteiger partial charge in [0.25, 0.3) is 0 Å². The van der Waals surface area contributed by atoms with Gasteiger partial charge in [-0.25, -0.2) is 0 Å². The van der Waals surface area contributed by atoms with E-state index < -0.39 is 0 Å². The van der Waals surface area contributed by atoms with E-state index in [4.69, 9.17) is 4.74 Å². The van der Waals surface area contributed by atoms with Gasteiger partial charge in [0.2, 0.25) is 0 Å². The number of rotatable bonds is 3. The predicted molar refractivity (Wildman–Crippen MR) is 127 cm³/mol. The third-order valence-electron chi connectivity index (χ3n) is 7.85. The monoisotopic (exact) mass is 404 g/mol. The van der Waals surface area contributed by atoms with E-state index in [1.54, 1.807) is 0 Å².